The summed E-state index contributed by atoms with van der Waals surface area (Å²) in [5.41, 5.74) is 2.15. The topological polar surface area (TPSA) is 37.8 Å². The number of nitrogens with zero attached hydrogens (tertiary/aromatic N) is 2. The van der Waals surface area contributed by atoms with Crippen LogP contribution in [-0.4, -0.2) is 17.0 Å². The highest BCUT2D eigenvalue weighted by Crippen LogP contribution is 2.32. The fourth-order valence-corrected chi connectivity index (χ4v) is 3.69. The lowest BCUT2D eigenvalue weighted by atomic mass is 9.97. The Bertz CT molecular complexity index is 784. The monoisotopic (exact) mass is 405 g/mol. The van der Waals surface area contributed by atoms with Gasteiger partial charge in [-0.25, -0.2) is 0 Å². The molecule has 0 bridgehead atoms. The van der Waals surface area contributed by atoms with Crippen molar-refractivity contribution >= 4 is 42.6 Å². The molecule has 0 aliphatic heterocycles. The van der Waals surface area contributed by atoms with E-state index in [1.165, 1.54) is 10.9 Å². The van der Waals surface area contributed by atoms with Crippen molar-refractivity contribution in [3.63, 3.8) is 0 Å². The standard InChI is InChI=1S/C16H13Br2N3/c1-19-15(16-14(18)7-11(17)9-21-16)13-4-2-3-10-8-20-6-5-12(10)13/h2-9,15,19H,1H3. The first-order valence-corrected chi connectivity index (χ1v) is 8.10. The molecule has 0 saturated carbocycles. The minimum absolute atomic E-state index is 0.0126. The fourth-order valence-electron chi connectivity index (χ4n) is 2.48. The molecule has 0 fully saturated rings. The Hall–Kier alpha value is -1.30. The summed E-state index contributed by atoms with van der Waals surface area (Å²) in [6.07, 6.45) is 5.52. The van der Waals surface area contributed by atoms with Crippen LogP contribution in [0.5, 0.6) is 0 Å². The number of hydrogen-bond donors (Lipinski definition) is 1. The highest BCUT2D eigenvalue weighted by molar-refractivity contribution is 9.11. The molecule has 0 amide bonds. The van der Waals surface area contributed by atoms with Crippen LogP contribution in [0.15, 0.2) is 57.9 Å². The zero-order valence-electron chi connectivity index (χ0n) is 11.3. The molecule has 3 rings (SSSR count). The van der Waals surface area contributed by atoms with E-state index < -0.39 is 0 Å². The molecule has 106 valence electrons. The van der Waals surface area contributed by atoms with E-state index in [0.29, 0.717) is 0 Å². The van der Waals surface area contributed by atoms with Crippen molar-refractivity contribution in [2.75, 3.05) is 7.05 Å². The number of aromatic nitrogens is 2. The first-order chi connectivity index (χ1) is 10.2. The van der Waals surface area contributed by atoms with Crippen molar-refractivity contribution in [3.05, 3.63) is 69.1 Å². The van der Waals surface area contributed by atoms with Crippen molar-refractivity contribution in [2.24, 2.45) is 0 Å². The summed E-state index contributed by atoms with van der Waals surface area (Å²) in [5.74, 6) is 0. The third kappa shape index (κ3) is 2.86. The number of hydrogen-bond acceptors (Lipinski definition) is 3. The van der Waals surface area contributed by atoms with Crippen molar-refractivity contribution in [1.29, 1.82) is 0 Å². The maximum Gasteiger partial charge on any atom is 0.0766 e. The van der Waals surface area contributed by atoms with E-state index in [4.69, 9.17) is 0 Å². The van der Waals surface area contributed by atoms with Crippen molar-refractivity contribution in [3.8, 4) is 0 Å². The van der Waals surface area contributed by atoms with Crippen LogP contribution in [0, 0.1) is 0 Å². The summed E-state index contributed by atoms with van der Waals surface area (Å²) in [6, 6.07) is 10.3. The van der Waals surface area contributed by atoms with E-state index in [9.17, 15) is 0 Å². The molecule has 0 aliphatic carbocycles. The van der Waals surface area contributed by atoms with Gasteiger partial charge in [0, 0.05) is 32.9 Å². The lowest BCUT2D eigenvalue weighted by Gasteiger charge is -2.19. The molecule has 1 unspecified atom stereocenters. The van der Waals surface area contributed by atoms with Gasteiger partial charge < -0.3 is 5.32 Å². The summed E-state index contributed by atoms with van der Waals surface area (Å²) in [6.45, 7) is 0. The summed E-state index contributed by atoms with van der Waals surface area (Å²) in [7, 11) is 1.95. The van der Waals surface area contributed by atoms with E-state index in [1.807, 2.05) is 37.8 Å². The highest BCUT2D eigenvalue weighted by Gasteiger charge is 2.18. The fraction of sp³-hybridized carbons (Fsp3) is 0.125. The third-order valence-electron chi connectivity index (χ3n) is 3.42. The Morgan fingerprint density at radius 3 is 2.76 bits per heavy atom. The van der Waals surface area contributed by atoms with Crippen molar-refractivity contribution < 1.29 is 0 Å². The van der Waals surface area contributed by atoms with Crippen LogP contribution < -0.4 is 5.32 Å². The first-order valence-electron chi connectivity index (χ1n) is 6.51. The van der Waals surface area contributed by atoms with Gasteiger partial charge in [-0.15, -0.1) is 0 Å². The largest absolute Gasteiger partial charge is 0.308 e. The second-order valence-electron chi connectivity index (χ2n) is 4.69. The lowest BCUT2D eigenvalue weighted by Crippen LogP contribution is -2.19. The van der Waals surface area contributed by atoms with E-state index >= 15 is 0 Å². The Balaban J connectivity index is 2.18. The van der Waals surface area contributed by atoms with Crippen LogP contribution in [0.2, 0.25) is 0 Å². The Kier molecular flexibility index (Phi) is 4.33. The quantitative estimate of drug-likeness (QED) is 0.697. The minimum Gasteiger partial charge on any atom is -0.308 e. The molecule has 2 heterocycles. The average molecular weight is 407 g/mol. The van der Waals surface area contributed by atoms with Crippen molar-refractivity contribution in [2.45, 2.75) is 6.04 Å². The molecular formula is C16H13Br2N3. The Morgan fingerprint density at radius 2 is 2.00 bits per heavy atom. The smallest absolute Gasteiger partial charge is 0.0766 e. The highest BCUT2D eigenvalue weighted by atomic mass is 79.9. The molecule has 2 aromatic heterocycles. The normalized spacial score (nSPS) is 12.5. The lowest BCUT2D eigenvalue weighted by molar-refractivity contribution is 0.672. The molecule has 0 radical (unpaired) electrons. The van der Waals surface area contributed by atoms with E-state index in [-0.39, 0.29) is 6.04 Å². The zero-order chi connectivity index (χ0) is 14.8. The SMILES string of the molecule is CNC(c1ncc(Br)cc1Br)c1cccc2cnccc12. The molecule has 0 aliphatic rings. The Morgan fingerprint density at radius 1 is 1.14 bits per heavy atom. The number of halogens is 2. The summed E-state index contributed by atoms with van der Waals surface area (Å²) < 4.78 is 1.93. The van der Waals surface area contributed by atoms with Crippen molar-refractivity contribution in [1.82, 2.24) is 15.3 Å². The molecule has 1 atom stereocenters. The van der Waals surface area contributed by atoms with Gasteiger partial charge in [0.2, 0.25) is 0 Å². The predicted octanol–water partition coefficient (Wildman–Crippen LogP) is 4.46. The number of nitrogens with one attached hydrogen (secondary N) is 1. The van der Waals surface area contributed by atoms with Gasteiger partial charge >= 0.3 is 0 Å². The van der Waals surface area contributed by atoms with E-state index in [0.717, 1.165) is 20.0 Å². The van der Waals surface area contributed by atoms with E-state index in [2.05, 4.69) is 65.3 Å². The summed E-state index contributed by atoms with van der Waals surface area (Å²) in [4.78, 5) is 8.75. The van der Waals surface area contributed by atoms with Crippen LogP contribution in [0.4, 0.5) is 0 Å². The van der Waals surface area contributed by atoms with Gasteiger partial charge in [0.05, 0.1) is 11.7 Å². The third-order valence-corrected chi connectivity index (χ3v) is 4.49. The van der Waals surface area contributed by atoms with Gasteiger partial charge in [-0.05, 0) is 62.0 Å². The second-order valence-corrected chi connectivity index (χ2v) is 6.46. The van der Waals surface area contributed by atoms with Gasteiger partial charge in [0.15, 0.2) is 0 Å². The van der Waals surface area contributed by atoms with Gasteiger partial charge in [-0.1, -0.05) is 18.2 Å². The summed E-state index contributed by atoms with van der Waals surface area (Å²) >= 11 is 7.05. The average Bonchev–Trinajstić information content (AvgIpc) is 2.50. The number of rotatable bonds is 3. The zero-order valence-corrected chi connectivity index (χ0v) is 14.5. The minimum atomic E-state index is 0.0126. The number of pyridine rings is 2. The van der Waals surface area contributed by atoms with Gasteiger partial charge in [0.25, 0.3) is 0 Å². The van der Waals surface area contributed by atoms with Gasteiger partial charge in [-0.3, -0.25) is 9.97 Å². The maximum absolute atomic E-state index is 4.56. The number of fused-ring (bicyclic) bond motifs is 1. The van der Waals surface area contributed by atoms with Gasteiger partial charge in [0.1, 0.15) is 0 Å². The molecule has 0 spiro atoms. The molecule has 0 saturated heterocycles. The predicted molar refractivity (Wildman–Crippen MR) is 92.3 cm³/mol. The van der Waals surface area contributed by atoms with Crippen LogP contribution in [0.25, 0.3) is 10.8 Å². The molecule has 3 nitrogen and oxygen atoms in total. The molecule has 21 heavy (non-hydrogen) atoms. The molecule has 5 heteroatoms. The molecule has 3 aromatic rings. The molecule has 1 N–H and O–H groups in total. The molecule has 1 aromatic carbocycles. The number of benzene rings is 1. The van der Waals surface area contributed by atoms with Crippen LogP contribution >= 0.6 is 31.9 Å². The maximum atomic E-state index is 4.56. The Labute approximate surface area is 140 Å². The van der Waals surface area contributed by atoms with Crippen LogP contribution in [-0.2, 0) is 0 Å². The first kappa shape index (κ1) is 14.6. The second kappa shape index (κ2) is 6.22. The van der Waals surface area contributed by atoms with Gasteiger partial charge in [-0.2, -0.15) is 0 Å². The summed E-state index contributed by atoms with van der Waals surface area (Å²) in [5, 5.41) is 5.67. The van der Waals surface area contributed by atoms with Crippen LogP contribution in [0.1, 0.15) is 17.3 Å². The van der Waals surface area contributed by atoms with Crippen LogP contribution in [0.3, 0.4) is 0 Å². The van der Waals surface area contributed by atoms with E-state index in [1.54, 1.807) is 0 Å². The molecular weight excluding hydrogens is 394 g/mol.